The first-order chi connectivity index (χ1) is 15.9. The molecule has 1 aromatic heterocycles. The Kier molecular flexibility index (Phi) is 8.28. The molecule has 0 aliphatic heterocycles. The predicted molar refractivity (Wildman–Crippen MR) is 121 cm³/mol. The molecule has 0 atom stereocenters. The highest BCUT2D eigenvalue weighted by molar-refractivity contribution is 6.03. The van der Waals surface area contributed by atoms with Crippen molar-refractivity contribution >= 4 is 29.2 Å². The molecule has 33 heavy (non-hydrogen) atoms. The quantitative estimate of drug-likeness (QED) is 0.561. The number of carbonyl (C=O) groups is 3. The normalized spacial score (nSPS) is 13.4. The fourth-order valence-electron chi connectivity index (χ4n) is 3.86. The minimum absolute atomic E-state index is 0.0943. The van der Waals surface area contributed by atoms with Crippen molar-refractivity contribution < 1.29 is 28.4 Å². The van der Waals surface area contributed by atoms with Crippen molar-refractivity contribution in [1.29, 1.82) is 0 Å². The summed E-state index contributed by atoms with van der Waals surface area (Å²) in [5.41, 5.74) is 0.349. The van der Waals surface area contributed by atoms with E-state index in [9.17, 15) is 14.4 Å². The molecule has 10 nitrogen and oxygen atoms in total. The zero-order valence-corrected chi connectivity index (χ0v) is 19.2. The highest BCUT2D eigenvalue weighted by Gasteiger charge is 2.27. The Morgan fingerprint density at radius 3 is 2.33 bits per heavy atom. The number of amides is 3. The van der Waals surface area contributed by atoms with E-state index in [1.165, 1.54) is 19.1 Å². The fraction of sp³-hybridized carbons (Fsp3) is 0.478. The number of benzene rings is 1. The molecule has 0 spiro atoms. The summed E-state index contributed by atoms with van der Waals surface area (Å²) in [5, 5.41) is 9.29. The average Bonchev–Trinajstić information content (AvgIpc) is 3.46. The summed E-state index contributed by atoms with van der Waals surface area (Å²) in [5.74, 6) is 0.543. The summed E-state index contributed by atoms with van der Waals surface area (Å²) in [4.78, 5) is 39.6. The Labute approximate surface area is 192 Å². The van der Waals surface area contributed by atoms with Gasteiger partial charge in [-0.15, -0.1) is 0 Å². The highest BCUT2D eigenvalue weighted by Crippen LogP contribution is 2.38. The molecule has 1 fully saturated rings. The topological polar surface area (TPSA) is 123 Å². The van der Waals surface area contributed by atoms with Crippen LogP contribution in [0.2, 0.25) is 0 Å². The Hall–Kier alpha value is -3.56. The molecule has 3 amide bonds. The van der Waals surface area contributed by atoms with Crippen molar-refractivity contribution in [2.24, 2.45) is 0 Å². The third-order valence-corrected chi connectivity index (χ3v) is 5.46. The molecular weight excluding hydrogens is 428 g/mol. The summed E-state index contributed by atoms with van der Waals surface area (Å²) in [6, 6.07) is 6.80. The van der Waals surface area contributed by atoms with Crippen LogP contribution < -0.4 is 25.0 Å². The second-order valence-corrected chi connectivity index (χ2v) is 7.91. The molecular formula is C23H30N4O6. The van der Waals surface area contributed by atoms with Crippen LogP contribution in [0.25, 0.3) is 0 Å². The number of hydrogen-bond donors (Lipinski definition) is 2. The van der Waals surface area contributed by atoms with E-state index in [0.717, 1.165) is 25.7 Å². The van der Waals surface area contributed by atoms with Crippen molar-refractivity contribution in [2.75, 3.05) is 31.0 Å². The molecule has 1 aliphatic rings. The van der Waals surface area contributed by atoms with E-state index in [0.29, 0.717) is 22.9 Å². The van der Waals surface area contributed by atoms with E-state index in [1.807, 2.05) is 0 Å². The smallest absolute Gasteiger partial charge is 0.240 e. The molecule has 0 bridgehead atoms. The first-order valence-corrected chi connectivity index (χ1v) is 10.9. The minimum atomic E-state index is -0.411. The van der Waals surface area contributed by atoms with Gasteiger partial charge in [-0.1, -0.05) is 24.1 Å². The van der Waals surface area contributed by atoms with E-state index in [1.54, 1.807) is 31.2 Å². The van der Waals surface area contributed by atoms with Gasteiger partial charge in [0.1, 0.15) is 29.5 Å². The zero-order chi connectivity index (χ0) is 23.8. The van der Waals surface area contributed by atoms with Crippen molar-refractivity contribution in [3.05, 3.63) is 30.0 Å². The molecule has 0 unspecified atom stereocenters. The van der Waals surface area contributed by atoms with Gasteiger partial charge >= 0.3 is 0 Å². The van der Waals surface area contributed by atoms with Crippen LogP contribution in [0.4, 0.5) is 11.5 Å². The van der Waals surface area contributed by atoms with Crippen LogP contribution in [0.1, 0.15) is 44.3 Å². The molecule has 10 heteroatoms. The molecule has 178 valence electrons. The van der Waals surface area contributed by atoms with Crippen molar-refractivity contribution in [3.63, 3.8) is 0 Å². The van der Waals surface area contributed by atoms with Gasteiger partial charge in [-0.2, -0.15) is 0 Å². The third kappa shape index (κ3) is 6.47. The van der Waals surface area contributed by atoms with Gasteiger partial charge in [-0.3, -0.25) is 19.3 Å². The maximum absolute atomic E-state index is 13.2. The molecule has 0 saturated heterocycles. The van der Waals surface area contributed by atoms with Gasteiger partial charge < -0.3 is 24.6 Å². The maximum Gasteiger partial charge on any atom is 0.240 e. The lowest BCUT2D eigenvalue weighted by Crippen LogP contribution is -2.44. The minimum Gasteiger partial charge on any atom is -0.494 e. The summed E-state index contributed by atoms with van der Waals surface area (Å²) < 4.78 is 15.8. The van der Waals surface area contributed by atoms with Crippen LogP contribution in [0.15, 0.2) is 28.8 Å². The van der Waals surface area contributed by atoms with Gasteiger partial charge in [-0.05, 0) is 31.9 Å². The molecule has 2 aromatic rings. The Balaban J connectivity index is 1.75. The number of aromatic nitrogens is 1. The molecule has 1 heterocycles. The third-order valence-electron chi connectivity index (χ3n) is 5.46. The summed E-state index contributed by atoms with van der Waals surface area (Å²) >= 11 is 0. The number of anilines is 2. The molecule has 0 radical (unpaired) electrons. The van der Waals surface area contributed by atoms with Gasteiger partial charge in [0.2, 0.25) is 17.7 Å². The van der Waals surface area contributed by atoms with E-state index in [-0.39, 0.29) is 43.1 Å². The zero-order valence-electron chi connectivity index (χ0n) is 19.2. The van der Waals surface area contributed by atoms with E-state index in [4.69, 9.17) is 14.0 Å². The number of carbonyl (C=O) groups excluding carboxylic acids is 3. The molecule has 1 saturated carbocycles. The molecule has 1 aromatic carbocycles. The first-order valence-electron chi connectivity index (χ1n) is 10.9. The largest absolute Gasteiger partial charge is 0.494 e. The Bertz CT molecular complexity index is 961. The fourth-order valence-corrected chi connectivity index (χ4v) is 3.86. The number of nitrogens with one attached hydrogen (secondary N) is 2. The monoisotopic (exact) mass is 458 g/mol. The standard InChI is InChI=1S/C23H30N4O6/c1-15-13-19(26-33-15)25-20(28)11-12-22(30)27(14-21(29)24-16-7-4-5-8-16)23-17(31-2)9-6-10-18(23)32-3/h6,9-10,13,16H,4-5,7-8,11-12,14H2,1-3H3,(H,24,29)(H,25,26,28). The first kappa shape index (κ1) is 24.1. The predicted octanol–water partition coefficient (Wildman–Crippen LogP) is 2.81. The lowest BCUT2D eigenvalue weighted by atomic mass is 10.2. The van der Waals surface area contributed by atoms with Crippen molar-refractivity contribution in [2.45, 2.75) is 51.5 Å². The lowest BCUT2D eigenvalue weighted by Gasteiger charge is -2.26. The Morgan fingerprint density at radius 1 is 1.09 bits per heavy atom. The van der Waals surface area contributed by atoms with E-state index in [2.05, 4.69) is 15.8 Å². The SMILES string of the molecule is COc1cccc(OC)c1N(CC(=O)NC1CCCC1)C(=O)CCC(=O)Nc1cc(C)on1. The number of aryl methyl sites for hydroxylation is 1. The average molecular weight is 459 g/mol. The number of nitrogens with zero attached hydrogens (tertiary/aromatic N) is 2. The number of para-hydroxylation sites is 1. The number of rotatable bonds is 10. The second kappa shape index (κ2) is 11.3. The van der Waals surface area contributed by atoms with Gasteiger partial charge in [0, 0.05) is 24.9 Å². The molecule has 1 aliphatic carbocycles. The van der Waals surface area contributed by atoms with Crippen LogP contribution in [0, 0.1) is 6.92 Å². The summed E-state index contributed by atoms with van der Waals surface area (Å²) in [7, 11) is 2.96. The van der Waals surface area contributed by atoms with Crippen LogP contribution >= 0.6 is 0 Å². The van der Waals surface area contributed by atoms with Crippen LogP contribution in [0.3, 0.4) is 0 Å². The highest BCUT2D eigenvalue weighted by atomic mass is 16.5. The van der Waals surface area contributed by atoms with Crippen molar-refractivity contribution in [1.82, 2.24) is 10.5 Å². The number of ether oxygens (including phenoxy) is 2. The number of methoxy groups -OCH3 is 2. The molecule has 2 N–H and O–H groups in total. The van der Waals surface area contributed by atoms with Crippen LogP contribution in [0.5, 0.6) is 11.5 Å². The maximum atomic E-state index is 13.2. The lowest BCUT2D eigenvalue weighted by molar-refractivity contribution is -0.125. The summed E-state index contributed by atoms with van der Waals surface area (Å²) in [6.07, 6.45) is 3.80. The number of hydrogen-bond acceptors (Lipinski definition) is 7. The van der Waals surface area contributed by atoms with Gasteiger partial charge in [-0.25, -0.2) is 0 Å². The van der Waals surface area contributed by atoms with Crippen LogP contribution in [-0.2, 0) is 14.4 Å². The van der Waals surface area contributed by atoms with E-state index < -0.39 is 5.91 Å². The Morgan fingerprint density at radius 2 is 1.76 bits per heavy atom. The van der Waals surface area contributed by atoms with Gasteiger partial charge in [0.05, 0.1) is 14.2 Å². The second-order valence-electron chi connectivity index (χ2n) is 7.91. The van der Waals surface area contributed by atoms with Gasteiger partial charge in [0.25, 0.3) is 0 Å². The van der Waals surface area contributed by atoms with Crippen LogP contribution in [-0.4, -0.2) is 49.7 Å². The molecule has 3 rings (SSSR count). The summed E-state index contributed by atoms with van der Waals surface area (Å²) in [6.45, 7) is 1.50. The van der Waals surface area contributed by atoms with Gasteiger partial charge in [0.15, 0.2) is 5.82 Å². The van der Waals surface area contributed by atoms with Crippen molar-refractivity contribution in [3.8, 4) is 11.5 Å². The van der Waals surface area contributed by atoms with E-state index >= 15 is 0 Å².